The molecule has 0 saturated carbocycles. The van der Waals surface area contributed by atoms with Crippen LogP contribution in [-0.4, -0.2) is 101 Å². The maximum Gasteiger partial charge on any atom is 0.411 e. The molecule has 0 heterocycles. The Labute approximate surface area is 317 Å². The largest absolute Gasteiger partial charge is 0.465 e. The number of hydrogen-bond acceptors (Lipinski definition) is 16. The van der Waals surface area contributed by atoms with Crippen molar-refractivity contribution in [2.24, 2.45) is 10.8 Å². The smallest absolute Gasteiger partial charge is 0.411 e. The van der Waals surface area contributed by atoms with Crippen molar-refractivity contribution in [2.45, 2.75) is 20.3 Å². The van der Waals surface area contributed by atoms with Crippen molar-refractivity contribution in [3.63, 3.8) is 0 Å². The Morgan fingerprint density at radius 1 is 0.527 bits per heavy atom. The molecule has 0 radical (unpaired) electrons. The van der Waals surface area contributed by atoms with Gasteiger partial charge in [-0.1, -0.05) is 39.8 Å². The molecule has 1 aromatic rings. The molecule has 2 N–H and O–H groups in total. The zero-order chi connectivity index (χ0) is 41.4. The predicted molar refractivity (Wildman–Crippen MR) is 193 cm³/mol. The van der Waals surface area contributed by atoms with Gasteiger partial charge in [0.25, 0.3) is 0 Å². The van der Waals surface area contributed by atoms with Crippen molar-refractivity contribution in [3.8, 4) is 0 Å². The summed E-state index contributed by atoms with van der Waals surface area (Å²) in [5.74, 6) is -4.86. The fraction of sp³-hybridized carbons (Fsp3) is 0.351. The van der Waals surface area contributed by atoms with Gasteiger partial charge < -0.3 is 37.9 Å². The van der Waals surface area contributed by atoms with Crippen LogP contribution in [0.3, 0.4) is 0 Å². The van der Waals surface area contributed by atoms with Crippen LogP contribution in [0.15, 0.2) is 81.5 Å². The molecule has 0 bridgehead atoms. The van der Waals surface area contributed by atoms with Crippen LogP contribution in [0.5, 0.6) is 0 Å². The summed E-state index contributed by atoms with van der Waals surface area (Å²) >= 11 is 0. The van der Waals surface area contributed by atoms with Gasteiger partial charge in [0.15, 0.2) is 0 Å². The Balaban J connectivity index is 3.11. The van der Waals surface area contributed by atoms with Crippen LogP contribution in [0.1, 0.15) is 18.9 Å². The normalized spacial score (nSPS) is 10.5. The number of ether oxygens (including phenoxy) is 8. The summed E-state index contributed by atoms with van der Waals surface area (Å²) in [5.41, 5.74) is -2.22. The van der Waals surface area contributed by atoms with Crippen molar-refractivity contribution in [1.82, 2.24) is 0 Å². The molecule has 2 amide bonds. The molecule has 0 aromatic heterocycles. The third-order valence-corrected chi connectivity index (χ3v) is 6.99. The summed E-state index contributed by atoms with van der Waals surface area (Å²) in [7, 11) is 0. The van der Waals surface area contributed by atoms with E-state index in [0.717, 1.165) is 30.4 Å². The SMILES string of the molecule is C=CC(=O)OCC(COC(=O)C=C)(COC(=O)CC)COC(=O)Nc1ccc(NC(=O)OCC(COC(=O)C=C)(COC(=O)C=C)COC(=O)C=C)c(C)c1. The fourth-order valence-corrected chi connectivity index (χ4v) is 3.87. The summed E-state index contributed by atoms with van der Waals surface area (Å²) in [6.07, 6.45) is 2.39. The first-order valence-corrected chi connectivity index (χ1v) is 16.2. The number of esters is 6. The van der Waals surface area contributed by atoms with Crippen LogP contribution in [0.2, 0.25) is 0 Å². The van der Waals surface area contributed by atoms with Crippen LogP contribution < -0.4 is 10.6 Å². The van der Waals surface area contributed by atoms with E-state index in [1.54, 1.807) is 13.8 Å². The van der Waals surface area contributed by atoms with Crippen molar-refractivity contribution >= 4 is 59.4 Å². The van der Waals surface area contributed by atoms with E-state index in [0.29, 0.717) is 5.56 Å². The third kappa shape index (κ3) is 17.6. The number of benzene rings is 1. The van der Waals surface area contributed by atoms with E-state index < -0.39 is 112 Å². The second kappa shape index (κ2) is 23.8. The lowest BCUT2D eigenvalue weighted by Crippen LogP contribution is -2.44. The Hall–Kier alpha value is -6.72. The van der Waals surface area contributed by atoms with Gasteiger partial charge in [-0.25, -0.2) is 33.6 Å². The molecule has 0 atom stereocenters. The maximum atomic E-state index is 12.9. The molecule has 1 rings (SSSR count). The topological polar surface area (TPSA) is 234 Å². The van der Waals surface area contributed by atoms with Crippen molar-refractivity contribution in [2.75, 3.05) is 63.5 Å². The van der Waals surface area contributed by atoms with E-state index >= 15 is 0 Å². The minimum Gasteiger partial charge on any atom is -0.465 e. The molecule has 55 heavy (non-hydrogen) atoms. The van der Waals surface area contributed by atoms with E-state index in [2.05, 4.69) is 43.5 Å². The molecule has 18 heteroatoms. The lowest BCUT2D eigenvalue weighted by molar-refractivity contribution is -0.162. The van der Waals surface area contributed by atoms with Gasteiger partial charge in [-0.3, -0.25) is 15.4 Å². The van der Waals surface area contributed by atoms with Crippen LogP contribution >= 0.6 is 0 Å². The Bertz CT molecular complexity index is 1550. The number of hydrogen-bond donors (Lipinski definition) is 2. The van der Waals surface area contributed by atoms with E-state index in [4.69, 9.17) is 37.9 Å². The first kappa shape index (κ1) is 46.3. The highest BCUT2D eigenvalue weighted by Crippen LogP contribution is 2.25. The Morgan fingerprint density at radius 2 is 0.855 bits per heavy atom. The van der Waals surface area contributed by atoms with Gasteiger partial charge in [-0.05, 0) is 30.7 Å². The second-order valence-electron chi connectivity index (χ2n) is 11.5. The fourth-order valence-electron chi connectivity index (χ4n) is 3.87. The van der Waals surface area contributed by atoms with E-state index in [1.165, 1.54) is 18.2 Å². The van der Waals surface area contributed by atoms with Crippen molar-refractivity contribution in [3.05, 3.63) is 87.0 Å². The molecule has 0 spiro atoms. The van der Waals surface area contributed by atoms with Gasteiger partial charge >= 0.3 is 48.0 Å². The molecule has 18 nitrogen and oxygen atoms in total. The summed E-state index contributed by atoms with van der Waals surface area (Å²) in [4.78, 5) is 96.8. The third-order valence-electron chi connectivity index (χ3n) is 6.99. The minimum absolute atomic E-state index is 0.00664. The lowest BCUT2D eigenvalue weighted by Gasteiger charge is -2.31. The zero-order valence-corrected chi connectivity index (χ0v) is 30.6. The molecule has 0 unspecified atom stereocenters. The van der Waals surface area contributed by atoms with Crippen molar-refractivity contribution in [1.29, 1.82) is 0 Å². The van der Waals surface area contributed by atoms with Crippen LogP contribution in [-0.2, 0) is 66.7 Å². The highest BCUT2D eigenvalue weighted by atomic mass is 16.6. The molecule has 0 aliphatic carbocycles. The molecule has 0 saturated heterocycles. The van der Waals surface area contributed by atoms with E-state index in [9.17, 15) is 38.4 Å². The minimum atomic E-state index is -1.56. The molecule has 1 aromatic carbocycles. The van der Waals surface area contributed by atoms with E-state index in [-0.39, 0.29) is 17.8 Å². The predicted octanol–water partition coefficient (Wildman–Crippen LogP) is 3.66. The quantitative estimate of drug-likeness (QED) is 0.0867. The molecule has 298 valence electrons. The number of aryl methyl sites for hydroxylation is 1. The number of carbonyl (C=O) groups is 8. The molecule has 0 aliphatic heterocycles. The van der Waals surface area contributed by atoms with Crippen LogP contribution in [0.4, 0.5) is 21.0 Å². The lowest BCUT2D eigenvalue weighted by atomic mass is 9.92. The molecule has 0 fully saturated rings. The summed E-state index contributed by atoms with van der Waals surface area (Å²) in [6.45, 7) is 15.5. The average molecular weight is 773 g/mol. The van der Waals surface area contributed by atoms with Gasteiger partial charge in [0.1, 0.15) is 63.7 Å². The van der Waals surface area contributed by atoms with E-state index in [1.807, 2.05) is 0 Å². The van der Waals surface area contributed by atoms with Gasteiger partial charge in [0.2, 0.25) is 0 Å². The highest BCUT2D eigenvalue weighted by molar-refractivity contribution is 5.89. The average Bonchev–Trinajstić information content (AvgIpc) is 3.19. The van der Waals surface area contributed by atoms with Gasteiger partial charge in [-0.15, -0.1) is 0 Å². The number of carbonyl (C=O) groups excluding carboxylic acids is 8. The first-order valence-electron chi connectivity index (χ1n) is 16.2. The second-order valence-corrected chi connectivity index (χ2v) is 11.5. The summed E-state index contributed by atoms with van der Waals surface area (Å²) < 4.78 is 41.5. The van der Waals surface area contributed by atoms with Gasteiger partial charge in [0, 0.05) is 48.2 Å². The molecule has 0 aliphatic rings. The van der Waals surface area contributed by atoms with Crippen molar-refractivity contribution < 1.29 is 76.3 Å². The summed E-state index contributed by atoms with van der Waals surface area (Å²) in [6, 6.07) is 4.29. The van der Waals surface area contributed by atoms with Crippen LogP contribution in [0, 0.1) is 17.8 Å². The van der Waals surface area contributed by atoms with Gasteiger partial charge in [-0.2, -0.15) is 0 Å². The standard InChI is InChI=1S/C37H44N2O16/c1-8-28(40)48-17-36(18-49-29(41)9-2,19-50-30(42)10-3)23-54-34(46)38-26-14-15-27(25(7)16-26)39-35(47)55-24-37(20-51-31(43)11-4,21-52-32(44)12-5)22-53-33(45)13-6/h8-9,11-16H,1-2,4-6,10,17-24H2,3,7H3,(H,38,46)(H,39,47). The number of nitrogens with one attached hydrogen (secondary N) is 2. The monoisotopic (exact) mass is 772 g/mol. The van der Waals surface area contributed by atoms with Gasteiger partial charge in [0.05, 0.1) is 0 Å². The molecular formula is C37H44N2O16. The molecular weight excluding hydrogens is 728 g/mol. The number of anilines is 2. The zero-order valence-electron chi connectivity index (χ0n) is 30.6. The number of amides is 2. The first-order chi connectivity index (χ1) is 26.1. The van der Waals surface area contributed by atoms with Crippen LogP contribution in [0.25, 0.3) is 0 Å². The summed E-state index contributed by atoms with van der Waals surface area (Å²) in [5, 5.41) is 4.99. The maximum absolute atomic E-state index is 12.9. The Morgan fingerprint density at radius 3 is 1.18 bits per heavy atom. The Kier molecular flexibility index (Phi) is 20.0. The highest BCUT2D eigenvalue weighted by Gasteiger charge is 2.39. The number of rotatable bonds is 24.